The van der Waals surface area contributed by atoms with Gasteiger partial charge in [0.15, 0.2) is 0 Å². The number of hydrogen-bond acceptors (Lipinski definition) is 5. The molecule has 27 heavy (non-hydrogen) atoms. The second kappa shape index (κ2) is 10.6. The summed E-state index contributed by atoms with van der Waals surface area (Å²) in [4.78, 5) is 45.6. The van der Waals surface area contributed by atoms with Gasteiger partial charge < -0.3 is 30.7 Å². The van der Waals surface area contributed by atoms with E-state index in [0.717, 1.165) is 20.4 Å². The normalized spacial score (nSPS) is 22.6. The zero-order valence-electron chi connectivity index (χ0n) is 15.7. The number of carboxylic acids is 1. The van der Waals surface area contributed by atoms with Crippen LogP contribution < -0.4 is 15.8 Å². The van der Waals surface area contributed by atoms with E-state index in [1.54, 1.807) is 0 Å². The van der Waals surface area contributed by atoms with Crippen LogP contribution in [0.1, 0.15) is 46.5 Å². The Morgan fingerprint density at radius 3 is 2.22 bits per heavy atom. The minimum absolute atomic E-state index is 0.112. The first-order valence-corrected chi connectivity index (χ1v) is 8.99. The average Bonchev–Trinajstić information content (AvgIpc) is 2.97. The van der Waals surface area contributed by atoms with Crippen molar-refractivity contribution in [3.63, 3.8) is 0 Å². The van der Waals surface area contributed by atoms with E-state index < -0.39 is 30.2 Å². The van der Waals surface area contributed by atoms with E-state index >= 15 is 0 Å². The predicted molar refractivity (Wildman–Crippen MR) is 95.8 cm³/mol. The van der Waals surface area contributed by atoms with Crippen LogP contribution in [-0.4, -0.2) is 54.0 Å². The molecule has 0 saturated heterocycles. The summed E-state index contributed by atoms with van der Waals surface area (Å²) < 4.78 is 5.34. The van der Waals surface area contributed by atoms with E-state index in [2.05, 4.69) is 10.5 Å². The highest BCUT2D eigenvalue weighted by atomic mass is 16.6. The van der Waals surface area contributed by atoms with Crippen LogP contribution in [0.15, 0.2) is 0 Å². The van der Waals surface area contributed by atoms with Gasteiger partial charge in [0.05, 0.1) is 5.92 Å². The lowest BCUT2D eigenvalue weighted by Gasteiger charge is -2.35. The first-order valence-electron chi connectivity index (χ1n) is 8.99. The summed E-state index contributed by atoms with van der Waals surface area (Å²) in [5.41, 5.74) is 0. The number of aliphatic carboxylic acids is 1. The Morgan fingerprint density at radius 1 is 1.11 bits per heavy atom. The summed E-state index contributed by atoms with van der Waals surface area (Å²) in [5, 5.41) is 24.8. The van der Waals surface area contributed by atoms with Gasteiger partial charge in [-0.25, -0.2) is 9.59 Å². The minimum atomic E-state index is -1.36. The summed E-state index contributed by atoms with van der Waals surface area (Å²) in [5.74, 6) is -2.43. The van der Waals surface area contributed by atoms with Crippen LogP contribution in [0.2, 0.25) is 0 Å². The monoisotopic (exact) mass is 384 g/mol. The molecule has 0 aromatic heterocycles. The minimum Gasteiger partial charge on any atom is -0.481 e. The molecule has 0 aromatic carbocycles. The third-order valence-corrected chi connectivity index (χ3v) is 4.96. The van der Waals surface area contributed by atoms with Gasteiger partial charge in [-0.2, -0.15) is 0 Å². The number of ether oxygens (including phenoxy) is 1. The molecule has 5 N–H and O–H groups in total. The Morgan fingerprint density at radius 2 is 1.74 bits per heavy atom. The highest BCUT2D eigenvalue weighted by Crippen LogP contribution is 2.39. The molecule has 0 aliphatic heterocycles. The smallest absolute Gasteiger partial charge is 0.396 e. The number of carbonyl (C=O) groups excluding carboxylic acids is 2. The van der Waals surface area contributed by atoms with E-state index in [1.807, 2.05) is 19.1 Å². The number of rotatable bonds is 9. The molecule has 1 saturated carbocycles. The van der Waals surface area contributed by atoms with E-state index in [-0.39, 0.29) is 23.8 Å². The molecule has 1 aliphatic carbocycles. The van der Waals surface area contributed by atoms with Crippen LogP contribution >= 0.6 is 0 Å². The van der Waals surface area contributed by atoms with Crippen molar-refractivity contribution in [3.8, 4) is 0 Å². The molecule has 1 unspecified atom stereocenters. The van der Waals surface area contributed by atoms with E-state index in [4.69, 9.17) is 9.84 Å². The van der Waals surface area contributed by atoms with Crippen molar-refractivity contribution in [2.75, 3.05) is 0 Å². The highest BCUT2D eigenvalue weighted by Gasteiger charge is 2.47. The zero-order valence-corrected chi connectivity index (χ0v) is 15.7. The van der Waals surface area contributed by atoms with Gasteiger partial charge in [-0.05, 0) is 18.8 Å². The van der Waals surface area contributed by atoms with E-state index in [0.29, 0.717) is 12.8 Å². The largest absolute Gasteiger partial charge is 0.481 e. The molecule has 1 aliphatic rings. The lowest BCUT2D eigenvalue weighted by Crippen LogP contribution is -2.50. The summed E-state index contributed by atoms with van der Waals surface area (Å²) in [6, 6.07) is -0.319. The standard InChI is InChI=1S/C16H27BN3O7/c1-4-9(5-2)12(18-8(3)21)10-6-7-11(14(22)23)13(10)27-16(26)20-17-19-15(24)25/h9-13,19H,4-7H2,1-3H3,(H,18,21)(H,20,26)(H,22,23)(H,24,25)/t10?,11-,12+,13-/m0/s1. The molecule has 0 heterocycles. The van der Waals surface area contributed by atoms with Crippen LogP contribution in [0.4, 0.5) is 9.59 Å². The SMILES string of the molecule is CCC(CC)[C@@H](NC(C)=O)C1CC[C@H](C(=O)O)[C@H]1OC(=O)N[B]NC(=O)O. The summed E-state index contributed by atoms with van der Waals surface area (Å²) in [6.45, 7) is 5.37. The van der Waals surface area contributed by atoms with Crippen LogP contribution in [0.25, 0.3) is 0 Å². The number of carboxylic acid groups (broad SMARTS) is 2. The number of amides is 3. The van der Waals surface area contributed by atoms with Crippen LogP contribution in [0, 0.1) is 17.8 Å². The molecule has 4 atom stereocenters. The number of carbonyl (C=O) groups is 4. The topological polar surface area (TPSA) is 154 Å². The van der Waals surface area contributed by atoms with Gasteiger partial charge >= 0.3 is 25.7 Å². The Hall–Kier alpha value is -2.46. The predicted octanol–water partition coefficient (Wildman–Crippen LogP) is 0.935. The molecule has 0 aromatic rings. The molecular weight excluding hydrogens is 357 g/mol. The van der Waals surface area contributed by atoms with Crippen LogP contribution in [-0.2, 0) is 14.3 Å². The van der Waals surface area contributed by atoms with Crippen molar-refractivity contribution in [1.82, 2.24) is 15.8 Å². The first kappa shape index (κ1) is 22.6. The van der Waals surface area contributed by atoms with Crippen LogP contribution in [0.5, 0.6) is 0 Å². The van der Waals surface area contributed by atoms with Gasteiger partial charge in [0.1, 0.15) is 6.10 Å². The van der Waals surface area contributed by atoms with Gasteiger partial charge in [-0.1, -0.05) is 26.7 Å². The fourth-order valence-electron chi connectivity index (χ4n) is 3.74. The molecule has 0 bridgehead atoms. The van der Waals surface area contributed by atoms with Crippen molar-refractivity contribution < 1.29 is 34.1 Å². The van der Waals surface area contributed by atoms with Crippen molar-refractivity contribution in [1.29, 1.82) is 0 Å². The van der Waals surface area contributed by atoms with Crippen molar-refractivity contribution in [2.24, 2.45) is 17.8 Å². The Balaban J connectivity index is 2.96. The molecule has 1 rings (SSSR count). The average molecular weight is 384 g/mol. The van der Waals surface area contributed by atoms with Gasteiger partial charge in [0, 0.05) is 18.9 Å². The van der Waals surface area contributed by atoms with Gasteiger partial charge in [-0.15, -0.1) is 0 Å². The molecule has 151 valence electrons. The molecule has 10 nitrogen and oxygen atoms in total. The summed E-state index contributed by atoms with van der Waals surface area (Å²) in [7, 11) is 0.788. The Kier molecular flexibility index (Phi) is 8.90. The number of hydrogen-bond donors (Lipinski definition) is 5. The van der Waals surface area contributed by atoms with Gasteiger partial charge in [0.25, 0.3) is 0 Å². The van der Waals surface area contributed by atoms with Crippen molar-refractivity contribution >= 4 is 31.6 Å². The Labute approximate surface area is 158 Å². The van der Waals surface area contributed by atoms with Crippen molar-refractivity contribution in [2.45, 2.75) is 58.6 Å². The van der Waals surface area contributed by atoms with E-state index in [9.17, 15) is 24.3 Å². The van der Waals surface area contributed by atoms with Gasteiger partial charge in [-0.3, -0.25) is 9.59 Å². The molecule has 1 radical (unpaired) electrons. The molecule has 0 spiro atoms. The molecule has 11 heteroatoms. The second-order valence-electron chi connectivity index (χ2n) is 6.60. The van der Waals surface area contributed by atoms with Gasteiger partial charge in [0.2, 0.25) is 5.91 Å². The fourth-order valence-corrected chi connectivity index (χ4v) is 3.74. The molecular formula is C16H27BN3O7. The molecule has 1 fully saturated rings. The number of nitrogens with one attached hydrogen (secondary N) is 3. The summed E-state index contributed by atoms with van der Waals surface area (Å²) >= 11 is 0. The molecule has 3 amide bonds. The third kappa shape index (κ3) is 6.65. The lowest BCUT2D eigenvalue weighted by atomic mass is 9.82. The van der Waals surface area contributed by atoms with Crippen molar-refractivity contribution in [3.05, 3.63) is 0 Å². The highest BCUT2D eigenvalue weighted by molar-refractivity contribution is 6.37. The quantitative estimate of drug-likeness (QED) is 0.371. The van der Waals surface area contributed by atoms with E-state index in [1.165, 1.54) is 6.92 Å². The maximum absolute atomic E-state index is 12.0. The lowest BCUT2D eigenvalue weighted by molar-refractivity contribution is -0.145. The maximum atomic E-state index is 12.0. The second-order valence-corrected chi connectivity index (χ2v) is 6.60. The summed E-state index contributed by atoms with van der Waals surface area (Å²) in [6.07, 6.45) is -0.873. The zero-order chi connectivity index (χ0) is 20.6. The maximum Gasteiger partial charge on any atom is 0.396 e. The third-order valence-electron chi connectivity index (χ3n) is 4.96. The van der Waals surface area contributed by atoms with Crippen LogP contribution in [0.3, 0.4) is 0 Å². The fraction of sp³-hybridized carbons (Fsp3) is 0.750. The Bertz CT molecular complexity index is 556. The first-order chi connectivity index (χ1) is 12.7.